The molecule has 304 valence electrons. The van der Waals surface area contributed by atoms with Gasteiger partial charge in [0.05, 0.1) is 16.7 Å². The highest BCUT2D eigenvalue weighted by atomic mass is 15.0. The monoisotopic (exact) mass is 811 g/mol. The minimum absolute atomic E-state index is 0.856. The van der Waals surface area contributed by atoms with Crippen molar-refractivity contribution >= 4 is 56.5 Å². The SMILES string of the molecule is C=C(/C=C(\N=C(/C)c1cccc(C2=CCCC=C2)c1)c1cc(-n2c3c(c4ccccc42)CCC=C3)cc(-n2c3c(c4ccccc42)CCC=C3)c1)c1cccc(-c2ccccc2)c1. The van der Waals surface area contributed by atoms with Gasteiger partial charge in [0.1, 0.15) is 0 Å². The first-order chi connectivity index (χ1) is 31.1. The molecule has 8 aromatic rings. The second-order valence-electron chi connectivity index (χ2n) is 17.0. The third kappa shape index (κ3) is 7.20. The second-order valence-corrected chi connectivity index (χ2v) is 17.0. The van der Waals surface area contributed by atoms with Crippen LogP contribution < -0.4 is 0 Å². The highest BCUT2D eigenvalue weighted by molar-refractivity contribution is 6.03. The van der Waals surface area contributed by atoms with E-state index in [2.05, 4.69) is 210 Å². The van der Waals surface area contributed by atoms with Crippen LogP contribution in [0, 0.1) is 0 Å². The summed E-state index contributed by atoms with van der Waals surface area (Å²) >= 11 is 0. The van der Waals surface area contributed by atoms with Crippen molar-refractivity contribution in [3.05, 3.63) is 233 Å². The summed E-state index contributed by atoms with van der Waals surface area (Å²) < 4.78 is 4.95. The fraction of sp³-hybridized carbons (Fsp3) is 0.117. The van der Waals surface area contributed by atoms with Crippen LogP contribution in [0.15, 0.2) is 194 Å². The standard InChI is InChI=1S/C60H49N3/c1-41(45-23-17-25-47(36-45)43-19-5-3-6-20-43)35-56(61-42(2)46-24-18-26-48(37-46)44-21-7-4-8-22-44)49-38-50(62-57-31-13-9-27-52(57)53-28-10-14-32-58(53)62)40-51(39-49)63-59-33-15-11-29-54(59)55-30-12-16-34-60(55)63/h3,5-7,9,11,13-27,29,31-40H,1,4,8,10,12,28,30H2,2H3/b56-35-,61-42+. The van der Waals surface area contributed by atoms with E-state index >= 15 is 0 Å². The summed E-state index contributed by atoms with van der Waals surface area (Å²) in [6, 6.07) is 53.0. The Balaban J connectivity index is 1.16. The fourth-order valence-corrected chi connectivity index (χ4v) is 9.89. The molecule has 3 aliphatic carbocycles. The van der Waals surface area contributed by atoms with Crippen LogP contribution in [0.3, 0.4) is 0 Å². The van der Waals surface area contributed by atoms with Gasteiger partial charge in [-0.3, -0.25) is 4.99 Å². The molecule has 0 aliphatic heterocycles. The highest BCUT2D eigenvalue weighted by Crippen LogP contribution is 2.39. The zero-order chi connectivity index (χ0) is 42.3. The predicted octanol–water partition coefficient (Wildman–Crippen LogP) is 15.5. The molecule has 3 aliphatic rings. The molecule has 6 aromatic carbocycles. The average molecular weight is 812 g/mol. The maximum Gasteiger partial charge on any atom is 0.0712 e. The number of para-hydroxylation sites is 2. The lowest BCUT2D eigenvalue weighted by Gasteiger charge is -2.19. The molecule has 0 atom stereocenters. The molecule has 0 unspecified atom stereocenters. The molecule has 3 nitrogen and oxygen atoms in total. The smallest absolute Gasteiger partial charge is 0.0712 e. The Morgan fingerprint density at radius 1 is 0.524 bits per heavy atom. The van der Waals surface area contributed by atoms with Crippen molar-refractivity contribution in [3.8, 4) is 22.5 Å². The Morgan fingerprint density at radius 3 is 1.75 bits per heavy atom. The van der Waals surface area contributed by atoms with Crippen LogP contribution >= 0.6 is 0 Å². The van der Waals surface area contributed by atoms with Crippen molar-refractivity contribution in [3.63, 3.8) is 0 Å². The van der Waals surface area contributed by atoms with Crippen molar-refractivity contribution in [2.75, 3.05) is 0 Å². The zero-order valence-corrected chi connectivity index (χ0v) is 35.8. The van der Waals surface area contributed by atoms with Crippen molar-refractivity contribution in [1.82, 2.24) is 9.13 Å². The molecule has 0 bridgehead atoms. The number of rotatable bonds is 9. The van der Waals surface area contributed by atoms with Gasteiger partial charge in [-0.2, -0.15) is 0 Å². The lowest BCUT2D eigenvalue weighted by Crippen LogP contribution is -2.06. The van der Waals surface area contributed by atoms with E-state index in [9.17, 15) is 0 Å². The van der Waals surface area contributed by atoms with E-state index in [1.54, 1.807) is 0 Å². The topological polar surface area (TPSA) is 22.2 Å². The van der Waals surface area contributed by atoms with Crippen LogP contribution in [0.1, 0.15) is 77.4 Å². The zero-order valence-electron chi connectivity index (χ0n) is 35.8. The largest absolute Gasteiger partial charge is 0.309 e. The first-order valence-electron chi connectivity index (χ1n) is 22.4. The summed E-state index contributed by atoms with van der Waals surface area (Å²) in [7, 11) is 0. The molecule has 0 fully saturated rings. The fourth-order valence-electron chi connectivity index (χ4n) is 9.89. The molecule has 2 heterocycles. The third-order valence-electron chi connectivity index (χ3n) is 13.0. The molecule has 63 heavy (non-hydrogen) atoms. The van der Waals surface area contributed by atoms with E-state index in [4.69, 9.17) is 11.6 Å². The van der Waals surface area contributed by atoms with E-state index in [1.807, 2.05) is 0 Å². The van der Waals surface area contributed by atoms with Crippen molar-refractivity contribution in [2.24, 2.45) is 4.99 Å². The molecule has 0 radical (unpaired) electrons. The average Bonchev–Trinajstić information content (AvgIpc) is 3.87. The minimum Gasteiger partial charge on any atom is -0.309 e. The van der Waals surface area contributed by atoms with E-state index < -0.39 is 0 Å². The Labute approximate surface area is 370 Å². The number of aliphatic imine (C=N–C) groups is 1. The molecule has 0 N–H and O–H groups in total. The number of aryl methyl sites for hydroxylation is 2. The maximum absolute atomic E-state index is 5.63. The van der Waals surface area contributed by atoms with Gasteiger partial charge in [0.25, 0.3) is 0 Å². The molecule has 11 rings (SSSR count). The Bertz CT molecular complexity index is 3180. The lowest BCUT2D eigenvalue weighted by atomic mass is 9.97. The Morgan fingerprint density at radius 2 is 1.10 bits per heavy atom. The van der Waals surface area contributed by atoms with E-state index in [1.165, 1.54) is 61.0 Å². The summed E-state index contributed by atoms with van der Waals surface area (Å²) in [5.41, 5.74) is 20.6. The normalized spacial score (nSPS) is 14.8. The van der Waals surface area contributed by atoms with Crippen molar-refractivity contribution in [1.29, 1.82) is 0 Å². The minimum atomic E-state index is 0.856. The molecule has 2 aromatic heterocycles. The number of nitrogens with zero attached hydrogens (tertiary/aromatic N) is 3. The molecule has 3 heteroatoms. The first-order valence-corrected chi connectivity index (χ1v) is 22.4. The van der Waals surface area contributed by atoms with Crippen LogP contribution in [0.25, 0.3) is 73.3 Å². The Hall–Kier alpha value is -7.49. The van der Waals surface area contributed by atoms with E-state index in [-0.39, 0.29) is 0 Å². The number of hydrogen-bond donors (Lipinski definition) is 0. The lowest BCUT2D eigenvalue weighted by molar-refractivity contribution is 0.958. The van der Waals surface area contributed by atoms with Crippen LogP contribution in [0.2, 0.25) is 0 Å². The van der Waals surface area contributed by atoms with Crippen molar-refractivity contribution < 1.29 is 0 Å². The van der Waals surface area contributed by atoms with E-state index in [0.29, 0.717) is 0 Å². The molecule has 0 spiro atoms. The van der Waals surface area contributed by atoms with Gasteiger partial charge >= 0.3 is 0 Å². The number of fused-ring (bicyclic) bond motifs is 6. The van der Waals surface area contributed by atoms with Crippen LogP contribution in [-0.2, 0) is 12.8 Å². The number of aromatic nitrogens is 2. The quantitative estimate of drug-likeness (QED) is 0.102. The van der Waals surface area contributed by atoms with Gasteiger partial charge in [0.15, 0.2) is 0 Å². The number of hydrogen-bond acceptors (Lipinski definition) is 1. The molecular weight excluding hydrogens is 763 g/mol. The third-order valence-corrected chi connectivity index (χ3v) is 13.0. The van der Waals surface area contributed by atoms with Gasteiger partial charge in [-0.25, -0.2) is 0 Å². The molecular formula is C60H49N3. The Kier molecular flexibility index (Phi) is 10.0. The summed E-state index contributed by atoms with van der Waals surface area (Å²) in [6.07, 6.45) is 24.6. The molecule has 0 amide bonds. The van der Waals surface area contributed by atoms with Gasteiger partial charge in [0.2, 0.25) is 0 Å². The first kappa shape index (κ1) is 38.4. The summed E-state index contributed by atoms with van der Waals surface area (Å²) in [5, 5.41) is 2.63. The van der Waals surface area contributed by atoms with Gasteiger partial charge in [-0.1, -0.05) is 140 Å². The van der Waals surface area contributed by atoms with Crippen LogP contribution in [0.5, 0.6) is 0 Å². The van der Waals surface area contributed by atoms with Crippen LogP contribution in [0.4, 0.5) is 0 Å². The van der Waals surface area contributed by atoms with Crippen molar-refractivity contribution in [2.45, 2.75) is 45.4 Å². The van der Waals surface area contributed by atoms with Gasteiger partial charge < -0.3 is 9.13 Å². The highest BCUT2D eigenvalue weighted by Gasteiger charge is 2.23. The maximum atomic E-state index is 5.63. The van der Waals surface area contributed by atoms with Gasteiger partial charge in [-0.15, -0.1) is 0 Å². The predicted molar refractivity (Wildman–Crippen MR) is 269 cm³/mol. The van der Waals surface area contributed by atoms with Gasteiger partial charge in [-0.05, 0) is 156 Å². The van der Waals surface area contributed by atoms with E-state index in [0.717, 1.165) is 89.1 Å². The number of benzene rings is 6. The summed E-state index contributed by atoms with van der Waals surface area (Å²) in [5.74, 6) is 0. The van der Waals surface area contributed by atoms with Gasteiger partial charge in [0, 0.05) is 44.8 Å². The second kappa shape index (κ2) is 16.4. The summed E-state index contributed by atoms with van der Waals surface area (Å²) in [6.45, 7) is 6.87. The van der Waals surface area contributed by atoms with Crippen LogP contribution in [-0.4, -0.2) is 14.8 Å². The molecule has 0 saturated carbocycles. The summed E-state index contributed by atoms with van der Waals surface area (Å²) in [4.78, 5) is 5.63. The number of allylic oxidation sites excluding steroid dienone is 8. The molecule has 0 saturated heterocycles.